The number of aryl methyl sites for hydroxylation is 2. The summed E-state index contributed by atoms with van der Waals surface area (Å²) in [5.41, 5.74) is 4.58. The number of nitrogens with zero attached hydrogens (tertiary/aromatic N) is 1. The molecule has 0 spiro atoms. The zero-order valence-electron chi connectivity index (χ0n) is 14.3. The van der Waals surface area contributed by atoms with Gasteiger partial charge in [-0.15, -0.1) is 0 Å². The summed E-state index contributed by atoms with van der Waals surface area (Å²) in [6, 6.07) is 15.0. The maximum Gasteiger partial charge on any atom is 0.267 e. The molecule has 0 aliphatic carbocycles. The molecule has 2 rings (SSSR count). The van der Waals surface area contributed by atoms with Crippen LogP contribution in [0.25, 0.3) is 0 Å². The standard InChI is InChI=1S/C20H21N3O2/c1-14-3-8-19(15(2)9-14)23-20(25)18(10-21)12-22-11-16-4-6-17(13-24)7-5-16/h3-9,12,22,24H,11,13H2,1-2H3,(H,23,25)/b18-12-. The third-order valence-electron chi connectivity index (χ3n) is 3.75. The molecule has 0 unspecified atom stereocenters. The van der Waals surface area contributed by atoms with Crippen LogP contribution in [-0.2, 0) is 17.9 Å². The third kappa shape index (κ3) is 5.20. The van der Waals surface area contributed by atoms with Crippen molar-refractivity contribution in [2.24, 2.45) is 0 Å². The summed E-state index contributed by atoms with van der Waals surface area (Å²) in [5, 5.41) is 24.0. The zero-order chi connectivity index (χ0) is 18.2. The monoisotopic (exact) mass is 335 g/mol. The minimum atomic E-state index is -0.447. The molecule has 0 bridgehead atoms. The van der Waals surface area contributed by atoms with E-state index in [9.17, 15) is 10.1 Å². The van der Waals surface area contributed by atoms with E-state index in [1.807, 2.05) is 62.4 Å². The first-order chi connectivity index (χ1) is 12.0. The van der Waals surface area contributed by atoms with Crippen molar-refractivity contribution in [2.45, 2.75) is 27.0 Å². The van der Waals surface area contributed by atoms with Gasteiger partial charge in [-0.3, -0.25) is 4.79 Å². The fourth-order valence-corrected chi connectivity index (χ4v) is 2.33. The molecule has 1 amide bonds. The summed E-state index contributed by atoms with van der Waals surface area (Å²) < 4.78 is 0. The molecule has 3 N–H and O–H groups in total. The van der Waals surface area contributed by atoms with Crippen LogP contribution in [0.15, 0.2) is 54.2 Å². The van der Waals surface area contributed by atoms with Crippen LogP contribution in [0.4, 0.5) is 5.69 Å². The average molecular weight is 335 g/mol. The minimum Gasteiger partial charge on any atom is -0.392 e. The Morgan fingerprint density at radius 3 is 2.44 bits per heavy atom. The molecular formula is C20H21N3O2. The van der Waals surface area contributed by atoms with Crippen molar-refractivity contribution in [3.63, 3.8) is 0 Å². The smallest absolute Gasteiger partial charge is 0.267 e. The number of rotatable bonds is 6. The number of nitrogens with one attached hydrogen (secondary N) is 2. The van der Waals surface area contributed by atoms with Gasteiger partial charge in [-0.1, -0.05) is 42.0 Å². The van der Waals surface area contributed by atoms with Crippen molar-refractivity contribution >= 4 is 11.6 Å². The fraction of sp³-hybridized carbons (Fsp3) is 0.200. The lowest BCUT2D eigenvalue weighted by Crippen LogP contribution is -2.17. The van der Waals surface area contributed by atoms with Crippen molar-refractivity contribution in [2.75, 3.05) is 5.32 Å². The molecule has 2 aromatic carbocycles. The first-order valence-electron chi connectivity index (χ1n) is 7.94. The van der Waals surface area contributed by atoms with E-state index < -0.39 is 5.91 Å². The first kappa shape index (κ1) is 18.2. The van der Waals surface area contributed by atoms with Gasteiger partial charge in [-0.2, -0.15) is 5.26 Å². The predicted octanol–water partition coefficient (Wildman–Crippen LogP) is 2.93. The van der Waals surface area contributed by atoms with Crippen molar-refractivity contribution in [3.8, 4) is 6.07 Å². The Bertz CT molecular complexity index is 818. The van der Waals surface area contributed by atoms with Crippen LogP contribution in [0.2, 0.25) is 0 Å². The maximum atomic E-state index is 12.2. The number of nitriles is 1. The van der Waals surface area contributed by atoms with Gasteiger partial charge in [0.15, 0.2) is 0 Å². The van der Waals surface area contributed by atoms with Crippen molar-refractivity contribution < 1.29 is 9.90 Å². The summed E-state index contributed by atoms with van der Waals surface area (Å²) in [5.74, 6) is -0.447. The maximum absolute atomic E-state index is 12.2. The number of aliphatic hydroxyl groups is 1. The van der Waals surface area contributed by atoms with Gasteiger partial charge in [0, 0.05) is 18.4 Å². The quantitative estimate of drug-likeness (QED) is 0.560. The molecule has 0 aliphatic heterocycles. The van der Waals surface area contributed by atoms with Gasteiger partial charge < -0.3 is 15.7 Å². The normalized spacial score (nSPS) is 10.9. The molecule has 0 aliphatic rings. The second kappa shape index (κ2) is 8.67. The van der Waals surface area contributed by atoms with Crippen LogP contribution in [0.1, 0.15) is 22.3 Å². The second-order valence-electron chi connectivity index (χ2n) is 5.80. The Labute approximate surface area is 147 Å². The van der Waals surface area contributed by atoms with Crippen LogP contribution in [-0.4, -0.2) is 11.0 Å². The molecule has 0 atom stereocenters. The first-order valence-corrected chi connectivity index (χ1v) is 7.94. The molecule has 128 valence electrons. The fourth-order valence-electron chi connectivity index (χ4n) is 2.33. The number of benzene rings is 2. The van der Waals surface area contributed by atoms with Gasteiger partial charge in [0.2, 0.25) is 0 Å². The number of amides is 1. The van der Waals surface area contributed by atoms with E-state index in [0.29, 0.717) is 12.2 Å². The van der Waals surface area contributed by atoms with Crippen LogP contribution in [0, 0.1) is 25.2 Å². The van der Waals surface area contributed by atoms with E-state index in [2.05, 4.69) is 10.6 Å². The Kier molecular flexibility index (Phi) is 6.33. The lowest BCUT2D eigenvalue weighted by Gasteiger charge is -2.09. The second-order valence-corrected chi connectivity index (χ2v) is 5.80. The van der Waals surface area contributed by atoms with E-state index in [1.165, 1.54) is 6.20 Å². The lowest BCUT2D eigenvalue weighted by atomic mass is 10.1. The highest BCUT2D eigenvalue weighted by Gasteiger charge is 2.10. The lowest BCUT2D eigenvalue weighted by molar-refractivity contribution is -0.112. The van der Waals surface area contributed by atoms with Crippen LogP contribution < -0.4 is 10.6 Å². The van der Waals surface area contributed by atoms with Gasteiger partial charge >= 0.3 is 0 Å². The summed E-state index contributed by atoms with van der Waals surface area (Å²) in [6.07, 6.45) is 1.42. The highest BCUT2D eigenvalue weighted by Crippen LogP contribution is 2.16. The molecule has 5 heteroatoms. The number of anilines is 1. The van der Waals surface area contributed by atoms with Gasteiger partial charge in [0.25, 0.3) is 5.91 Å². The van der Waals surface area contributed by atoms with Crippen molar-refractivity contribution in [1.29, 1.82) is 5.26 Å². The van der Waals surface area contributed by atoms with Gasteiger partial charge in [0.05, 0.1) is 6.61 Å². The molecule has 2 aromatic rings. The summed E-state index contributed by atoms with van der Waals surface area (Å²) in [4.78, 5) is 12.2. The number of carbonyl (C=O) groups excluding carboxylic acids is 1. The largest absolute Gasteiger partial charge is 0.392 e. The number of carbonyl (C=O) groups is 1. The number of aliphatic hydroxyl groups excluding tert-OH is 1. The van der Waals surface area contributed by atoms with Crippen LogP contribution in [0.5, 0.6) is 0 Å². The topological polar surface area (TPSA) is 85.2 Å². The Morgan fingerprint density at radius 1 is 1.16 bits per heavy atom. The Hall–Kier alpha value is -3.10. The zero-order valence-corrected chi connectivity index (χ0v) is 14.3. The van der Waals surface area contributed by atoms with Gasteiger partial charge in [-0.05, 0) is 36.6 Å². The summed E-state index contributed by atoms with van der Waals surface area (Å²) >= 11 is 0. The van der Waals surface area contributed by atoms with Crippen molar-refractivity contribution in [3.05, 3.63) is 76.5 Å². The summed E-state index contributed by atoms with van der Waals surface area (Å²) in [6.45, 7) is 4.38. The highest BCUT2D eigenvalue weighted by atomic mass is 16.3. The van der Waals surface area contributed by atoms with E-state index >= 15 is 0 Å². The molecule has 0 saturated carbocycles. The SMILES string of the molecule is Cc1ccc(NC(=O)/C(C#N)=C\NCc2ccc(CO)cc2)c(C)c1. The van der Waals surface area contributed by atoms with E-state index in [4.69, 9.17) is 5.11 Å². The van der Waals surface area contributed by atoms with E-state index in [-0.39, 0.29) is 12.2 Å². The molecular weight excluding hydrogens is 314 g/mol. The average Bonchev–Trinajstić information content (AvgIpc) is 2.61. The molecule has 5 nitrogen and oxygen atoms in total. The molecule has 0 fully saturated rings. The van der Waals surface area contributed by atoms with Crippen LogP contribution >= 0.6 is 0 Å². The number of hydrogen-bond acceptors (Lipinski definition) is 4. The highest BCUT2D eigenvalue weighted by molar-refractivity contribution is 6.06. The van der Waals surface area contributed by atoms with Crippen molar-refractivity contribution in [1.82, 2.24) is 5.32 Å². The molecule has 0 saturated heterocycles. The molecule has 0 heterocycles. The molecule has 0 radical (unpaired) electrons. The third-order valence-corrected chi connectivity index (χ3v) is 3.75. The van der Waals surface area contributed by atoms with Gasteiger partial charge in [0.1, 0.15) is 11.6 Å². The number of hydrogen-bond donors (Lipinski definition) is 3. The van der Waals surface area contributed by atoms with Gasteiger partial charge in [-0.25, -0.2) is 0 Å². The Balaban J connectivity index is 1.98. The van der Waals surface area contributed by atoms with Crippen LogP contribution in [0.3, 0.4) is 0 Å². The predicted molar refractivity (Wildman–Crippen MR) is 97.4 cm³/mol. The molecule has 0 aromatic heterocycles. The summed E-state index contributed by atoms with van der Waals surface area (Å²) in [7, 11) is 0. The van der Waals surface area contributed by atoms with E-state index in [1.54, 1.807) is 0 Å². The molecule has 25 heavy (non-hydrogen) atoms. The Morgan fingerprint density at radius 2 is 1.84 bits per heavy atom. The van der Waals surface area contributed by atoms with E-state index in [0.717, 1.165) is 22.3 Å². The minimum absolute atomic E-state index is 0.00475.